The van der Waals surface area contributed by atoms with Crippen molar-refractivity contribution in [2.75, 3.05) is 11.9 Å². The molecule has 1 aliphatic heterocycles. The van der Waals surface area contributed by atoms with E-state index in [0.29, 0.717) is 22.3 Å². The highest BCUT2D eigenvalue weighted by Gasteiger charge is 2.42. The molecule has 2 aromatic heterocycles. The number of anilines is 1. The zero-order valence-electron chi connectivity index (χ0n) is 18.0. The van der Waals surface area contributed by atoms with Crippen molar-refractivity contribution in [3.8, 4) is 11.3 Å². The van der Waals surface area contributed by atoms with Gasteiger partial charge in [-0.1, -0.05) is 24.3 Å². The maximum Gasteiger partial charge on any atom is 0.244 e. The van der Waals surface area contributed by atoms with Crippen molar-refractivity contribution in [2.45, 2.75) is 12.1 Å². The lowest BCUT2D eigenvalue weighted by molar-refractivity contribution is -0.116. The summed E-state index contributed by atoms with van der Waals surface area (Å²) in [6, 6.07) is 24.0. The van der Waals surface area contributed by atoms with Gasteiger partial charge in [-0.15, -0.1) is 0 Å². The summed E-state index contributed by atoms with van der Waals surface area (Å²) in [4.78, 5) is 19.2. The SMILES string of the molecule is O=C(CN1C(=S)N[C@H](c2ccccn2)[C@@H]1c1ccc(-c2ccc(F)cc2)o1)Nc1ccccc1. The number of hydrogen-bond donors (Lipinski definition) is 2. The first-order chi connectivity index (χ1) is 16.6. The molecule has 1 amide bonds. The summed E-state index contributed by atoms with van der Waals surface area (Å²) < 4.78 is 19.6. The van der Waals surface area contributed by atoms with Crippen molar-refractivity contribution in [1.29, 1.82) is 0 Å². The molecule has 3 heterocycles. The lowest BCUT2D eigenvalue weighted by Gasteiger charge is -2.25. The lowest BCUT2D eigenvalue weighted by atomic mass is 10.0. The van der Waals surface area contributed by atoms with E-state index in [1.54, 1.807) is 23.2 Å². The van der Waals surface area contributed by atoms with Crippen LogP contribution >= 0.6 is 12.2 Å². The zero-order valence-corrected chi connectivity index (χ0v) is 18.8. The van der Waals surface area contributed by atoms with Gasteiger partial charge in [-0.3, -0.25) is 9.78 Å². The van der Waals surface area contributed by atoms with Gasteiger partial charge in [-0.05, 0) is 72.9 Å². The van der Waals surface area contributed by atoms with Gasteiger partial charge >= 0.3 is 0 Å². The fourth-order valence-electron chi connectivity index (χ4n) is 4.04. The molecule has 0 unspecified atom stereocenters. The fraction of sp³-hybridized carbons (Fsp3) is 0.115. The molecule has 0 saturated carbocycles. The van der Waals surface area contributed by atoms with Crippen LogP contribution in [0.1, 0.15) is 23.5 Å². The number of nitrogens with zero attached hydrogens (tertiary/aromatic N) is 2. The Kier molecular flexibility index (Phi) is 6.05. The molecule has 2 atom stereocenters. The maximum absolute atomic E-state index is 13.4. The van der Waals surface area contributed by atoms with E-state index >= 15 is 0 Å². The van der Waals surface area contributed by atoms with Crippen molar-refractivity contribution in [3.05, 3.63) is 108 Å². The predicted molar refractivity (Wildman–Crippen MR) is 131 cm³/mol. The fourth-order valence-corrected chi connectivity index (χ4v) is 4.35. The number of hydrogen-bond acceptors (Lipinski definition) is 4. The van der Waals surface area contributed by atoms with Crippen LogP contribution in [0.2, 0.25) is 0 Å². The molecule has 0 radical (unpaired) electrons. The molecular weight excluding hydrogens is 451 g/mol. The molecule has 8 heteroatoms. The smallest absolute Gasteiger partial charge is 0.244 e. The van der Waals surface area contributed by atoms with Crippen molar-refractivity contribution < 1.29 is 13.6 Å². The Morgan fingerprint density at radius 2 is 1.79 bits per heavy atom. The van der Waals surface area contributed by atoms with Gasteiger partial charge in [-0.2, -0.15) is 0 Å². The largest absolute Gasteiger partial charge is 0.459 e. The van der Waals surface area contributed by atoms with Crippen LogP contribution in [0.3, 0.4) is 0 Å². The van der Waals surface area contributed by atoms with E-state index in [-0.39, 0.29) is 24.3 Å². The lowest BCUT2D eigenvalue weighted by Crippen LogP contribution is -2.36. The van der Waals surface area contributed by atoms with Gasteiger partial charge in [0, 0.05) is 17.4 Å². The predicted octanol–water partition coefficient (Wildman–Crippen LogP) is 5.09. The van der Waals surface area contributed by atoms with E-state index in [4.69, 9.17) is 16.6 Å². The molecule has 2 N–H and O–H groups in total. The van der Waals surface area contributed by atoms with Crippen molar-refractivity contribution >= 4 is 28.9 Å². The summed E-state index contributed by atoms with van der Waals surface area (Å²) in [6.07, 6.45) is 1.72. The van der Waals surface area contributed by atoms with Crippen LogP contribution in [0.15, 0.2) is 95.5 Å². The highest BCUT2D eigenvalue weighted by molar-refractivity contribution is 7.80. The van der Waals surface area contributed by atoms with Crippen LogP contribution in [0, 0.1) is 5.82 Å². The van der Waals surface area contributed by atoms with Crippen LogP contribution < -0.4 is 10.6 Å². The number of amides is 1. The summed E-state index contributed by atoms with van der Waals surface area (Å²) in [5.41, 5.74) is 2.24. The number of thiocarbonyl (C=S) groups is 1. The zero-order chi connectivity index (χ0) is 23.5. The van der Waals surface area contributed by atoms with Crippen molar-refractivity contribution in [1.82, 2.24) is 15.2 Å². The highest BCUT2D eigenvalue weighted by Crippen LogP contribution is 2.40. The van der Waals surface area contributed by atoms with Crippen molar-refractivity contribution in [2.24, 2.45) is 0 Å². The third-order valence-corrected chi connectivity index (χ3v) is 5.97. The molecule has 2 aromatic carbocycles. The molecule has 0 aliphatic carbocycles. The van der Waals surface area contributed by atoms with Crippen LogP contribution in [0.4, 0.5) is 10.1 Å². The molecule has 1 saturated heterocycles. The van der Waals surface area contributed by atoms with Gasteiger partial charge in [0.1, 0.15) is 29.9 Å². The molecule has 0 spiro atoms. The molecule has 5 rings (SSSR count). The number of halogens is 1. The normalized spacial score (nSPS) is 17.4. The van der Waals surface area contributed by atoms with Crippen molar-refractivity contribution in [3.63, 3.8) is 0 Å². The number of aromatic nitrogens is 1. The monoisotopic (exact) mass is 472 g/mol. The number of pyridine rings is 1. The third kappa shape index (κ3) is 4.53. The van der Waals surface area contributed by atoms with Gasteiger partial charge in [0.2, 0.25) is 5.91 Å². The van der Waals surface area contributed by atoms with Gasteiger partial charge in [0.25, 0.3) is 0 Å². The summed E-state index contributed by atoms with van der Waals surface area (Å²) in [6.45, 7) is 0.0291. The Bertz CT molecular complexity index is 1300. The number of rotatable bonds is 6. The van der Waals surface area contributed by atoms with E-state index in [0.717, 1.165) is 11.3 Å². The van der Waals surface area contributed by atoms with E-state index < -0.39 is 6.04 Å². The molecule has 6 nitrogen and oxygen atoms in total. The number of carbonyl (C=O) groups is 1. The second-order valence-corrected chi connectivity index (χ2v) is 8.26. The minimum absolute atomic E-state index is 0.0291. The molecule has 1 fully saturated rings. The van der Waals surface area contributed by atoms with E-state index in [1.165, 1.54) is 12.1 Å². The van der Waals surface area contributed by atoms with E-state index in [9.17, 15) is 9.18 Å². The molecule has 34 heavy (non-hydrogen) atoms. The highest BCUT2D eigenvalue weighted by atomic mass is 32.1. The third-order valence-electron chi connectivity index (χ3n) is 5.62. The Balaban J connectivity index is 1.46. The average molecular weight is 473 g/mol. The number of carbonyl (C=O) groups excluding carboxylic acids is 1. The minimum Gasteiger partial charge on any atom is -0.459 e. The van der Waals surface area contributed by atoms with Crippen LogP contribution in [-0.4, -0.2) is 27.4 Å². The molecule has 0 bridgehead atoms. The quantitative estimate of drug-likeness (QED) is 0.381. The standard InChI is InChI=1S/C26H21FN4O2S/c27-18-11-9-17(10-12-18)21-13-14-22(33-21)25-24(20-8-4-5-15-28-20)30-26(34)31(25)16-23(32)29-19-6-2-1-3-7-19/h1-15,24-25H,16H2,(H,29,32)(H,30,34)/t24-,25+/m1/s1. The summed E-state index contributed by atoms with van der Waals surface area (Å²) in [5.74, 6) is 0.704. The van der Waals surface area contributed by atoms with E-state index in [2.05, 4.69) is 15.6 Å². The first-order valence-corrected chi connectivity index (χ1v) is 11.2. The second-order valence-electron chi connectivity index (χ2n) is 7.88. The van der Waals surface area contributed by atoms with Crippen LogP contribution in [0.5, 0.6) is 0 Å². The summed E-state index contributed by atoms with van der Waals surface area (Å²) in [7, 11) is 0. The second kappa shape index (κ2) is 9.44. The van der Waals surface area contributed by atoms with Gasteiger partial charge in [-0.25, -0.2) is 4.39 Å². The number of nitrogens with one attached hydrogen (secondary N) is 2. The number of para-hydroxylation sites is 1. The minimum atomic E-state index is -0.405. The maximum atomic E-state index is 13.4. The molecule has 1 aliphatic rings. The molecule has 4 aromatic rings. The van der Waals surface area contributed by atoms with Gasteiger partial charge < -0.3 is 20.0 Å². The Morgan fingerprint density at radius 3 is 2.53 bits per heavy atom. The Morgan fingerprint density at radius 1 is 1.03 bits per heavy atom. The Hall–Kier alpha value is -4.04. The first-order valence-electron chi connectivity index (χ1n) is 10.8. The topological polar surface area (TPSA) is 70.4 Å². The average Bonchev–Trinajstić information content (AvgIpc) is 3.46. The molecular formula is C26H21FN4O2S. The summed E-state index contributed by atoms with van der Waals surface area (Å²) >= 11 is 5.62. The molecule has 170 valence electrons. The van der Waals surface area contributed by atoms with Gasteiger partial charge in [0.05, 0.1) is 11.7 Å². The first kappa shape index (κ1) is 21.8. The number of furan rings is 1. The summed E-state index contributed by atoms with van der Waals surface area (Å²) in [5, 5.41) is 6.64. The van der Waals surface area contributed by atoms with Crippen LogP contribution in [0.25, 0.3) is 11.3 Å². The Labute approximate surface area is 201 Å². The van der Waals surface area contributed by atoms with E-state index in [1.807, 2.05) is 60.7 Å². The van der Waals surface area contributed by atoms with Crippen LogP contribution in [-0.2, 0) is 4.79 Å². The van der Waals surface area contributed by atoms with Gasteiger partial charge in [0.15, 0.2) is 5.11 Å². The number of benzene rings is 2.